The van der Waals surface area contributed by atoms with Crippen LogP contribution < -0.4 is 4.90 Å². The maximum atomic E-state index is 12.5. The molecule has 28 heavy (non-hydrogen) atoms. The molecule has 0 atom stereocenters. The molecule has 1 aliphatic carbocycles. The molecule has 0 radical (unpaired) electrons. The lowest BCUT2D eigenvalue weighted by atomic mass is 10.0. The van der Waals surface area contributed by atoms with E-state index in [2.05, 4.69) is 23.1 Å². The van der Waals surface area contributed by atoms with Gasteiger partial charge in [0.15, 0.2) is 0 Å². The van der Waals surface area contributed by atoms with Crippen molar-refractivity contribution in [1.29, 1.82) is 0 Å². The molecule has 0 unspecified atom stereocenters. The van der Waals surface area contributed by atoms with E-state index in [1.54, 1.807) is 0 Å². The molecule has 3 rings (SSSR count). The van der Waals surface area contributed by atoms with E-state index in [1.807, 2.05) is 36.1 Å². The van der Waals surface area contributed by atoms with Gasteiger partial charge in [0.05, 0.1) is 13.0 Å². The van der Waals surface area contributed by atoms with Gasteiger partial charge in [-0.05, 0) is 43.9 Å². The Morgan fingerprint density at radius 1 is 1.04 bits per heavy atom. The van der Waals surface area contributed by atoms with Crippen LogP contribution in [0.25, 0.3) is 0 Å². The lowest BCUT2D eigenvalue weighted by molar-refractivity contribution is -0.142. The van der Waals surface area contributed by atoms with Gasteiger partial charge < -0.3 is 14.5 Å². The van der Waals surface area contributed by atoms with E-state index >= 15 is 0 Å². The van der Waals surface area contributed by atoms with Gasteiger partial charge in [0, 0.05) is 38.3 Å². The van der Waals surface area contributed by atoms with Crippen LogP contribution in [-0.2, 0) is 20.7 Å². The van der Waals surface area contributed by atoms with Crippen molar-refractivity contribution in [1.82, 2.24) is 4.90 Å². The summed E-state index contributed by atoms with van der Waals surface area (Å²) in [5.74, 6) is 0.0613. The summed E-state index contributed by atoms with van der Waals surface area (Å²) < 4.78 is 4.99. The number of benzene rings is 1. The first-order chi connectivity index (χ1) is 13.7. The molecular formula is C23H30N2O3. The maximum Gasteiger partial charge on any atom is 0.310 e. The van der Waals surface area contributed by atoms with Gasteiger partial charge in [0.2, 0.25) is 5.91 Å². The van der Waals surface area contributed by atoms with Crippen molar-refractivity contribution in [3.63, 3.8) is 0 Å². The zero-order valence-corrected chi connectivity index (χ0v) is 16.7. The van der Waals surface area contributed by atoms with E-state index in [0.29, 0.717) is 19.4 Å². The second kappa shape index (κ2) is 10.1. The third-order valence-corrected chi connectivity index (χ3v) is 5.29. The summed E-state index contributed by atoms with van der Waals surface area (Å²) >= 11 is 0. The van der Waals surface area contributed by atoms with E-state index in [1.165, 1.54) is 5.57 Å². The quantitative estimate of drug-likeness (QED) is 0.678. The van der Waals surface area contributed by atoms with Gasteiger partial charge in [-0.25, -0.2) is 0 Å². The van der Waals surface area contributed by atoms with Crippen molar-refractivity contribution in [2.24, 2.45) is 0 Å². The standard InChI is InChI=1S/C23H30N2O3/c1-2-28-23(27)18-20-8-11-21(12-9-20)24-14-16-25(17-15-24)22(26)13-10-19-6-4-3-5-7-19/h4,6-9,11-12H,2-3,5,10,13-18H2,1H3. The molecule has 150 valence electrons. The highest BCUT2D eigenvalue weighted by atomic mass is 16.5. The Balaban J connectivity index is 1.44. The van der Waals surface area contributed by atoms with Crippen molar-refractivity contribution < 1.29 is 14.3 Å². The summed E-state index contributed by atoms with van der Waals surface area (Å²) in [5.41, 5.74) is 3.39. The minimum atomic E-state index is -0.193. The predicted octanol–water partition coefficient (Wildman–Crippen LogP) is 3.50. The van der Waals surface area contributed by atoms with E-state index < -0.39 is 0 Å². The summed E-state index contributed by atoms with van der Waals surface area (Å²) in [6, 6.07) is 8.06. The van der Waals surface area contributed by atoms with E-state index in [4.69, 9.17) is 4.74 Å². The second-order valence-electron chi connectivity index (χ2n) is 7.27. The fourth-order valence-corrected chi connectivity index (χ4v) is 3.68. The molecule has 0 spiro atoms. The maximum absolute atomic E-state index is 12.5. The largest absolute Gasteiger partial charge is 0.466 e. The van der Waals surface area contributed by atoms with Crippen LogP contribution in [-0.4, -0.2) is 49.6 Å². The number of carbonyl (C=O) groups excluding carboxylic acids is 2. The molecule has 1 saturated heterocycles. The van der Waals surface area contributed by atoms with E-state index in [0.717, 1.165) is 56.7 Å². The highest BCUT2D eigenvalue weighted by Gasteiger charge is 2.21. The van der Waals surface area contributed by atoms with Crippen LogP contribution in [0.1, 0.15) is 38.2 Å². The van der Waals surface area contributed by atoms with Crippen molar-refractivity contribution in [3.8, 4) is 0 Å². The molecule has 5 heteroatoms. The number of hydrogen-bond donors (Lipinski definition) is 0. The number of carbonyl (C=O) groups is 2. The first-order valence-electron chi connectivity index (χ1n) is 10.3. The number of esters is 1. The number of rotatable bonds is 7. The van der Waals surface area contributed by atoms with Gasteiger partial charge in [-0.2, -0.15) is 0 Å². The van der Waals surface area contributed by atoms with Crippen LogP contribution in [0.4, 0.5) is 5.69 Å². The van der Waals surface area contributed by atoms with Crippen LogP contribution in [0.5, 0.6) is 0 Å². The molecule has 2 aliphatic rings. The van der Waals surface area contributed by atoms with Crippen LogP contribution >= 0.6 is 0 Å². The molecule has 5 nitrogen and oxygen atoms in total. The number of amides is 1. The average Bonchev–Trinajstić information content (AvgIpc) is 2.73. The van der Waals surface area contributed by atoms with Gasteiger partial charge in [-0.1, -0.05) is 35.9 Å². The first kappa shape index (κ1) is 20.2. The number of hydrogen-bond acceptors (Lipinski definition) is 4. The van der Waals surface area contributed by atoms with Gasteiger partial charge in [0.25, 0.3) is 0 Å². The SMILES string of the molecule is CCOC(=O)Cc1ccc(N2CCN(C(=O)CCC3=CCCC=C3)CC2)cc1. The van der Waals surface area contributed by atoms with Crippen LogP contribution in [0, 0.1) is 0 Å². The summed E-state index contributed by atoms with van der Waals surface area (Å²) in [7, 11) is 0. The second-order valence-corrected chi connectivity index (χ2v) is 7.27. The average molecular weight is 383 g/mol. The number of anilines is 1. The summed E-state index contributed by atoms with van der Waals surface area (Å²) in [6.07, 6.45) is 10.5. The van der Waals surface area contributed by atoms with Gasteiger partial charge in [-0.15, -0.1) is 0 Å². The first-order valence-corrected chi connectivity index (χ1v) is 10.3. The van der Waals surface area contributed by atoms with Crippen LogP contribution in [0.15, 0.2) is 48.1 Å². The fourth-order valence-electron chi connectivity index (χ4n) is 3.68. The van der Waals surface area contributed by atoms with Gasteiger partial charge in [0.1, 0.15) is 0 Å². The molecule has 0 aromatic heterocycles. The Morgan fingerprint density at radius 2 is 1.79 bits per heavy atom. The lowest BCUT2D eigenvalue weighted by Crippen LogP contribution is -2.48. The number of ether oxygens (including phenoxy) is 1. The molecule has 0 N–H and O–H groups in total. The van der Waals surface area contributed by atoms with Gasteiger partial charge in [-0.3, -0.25) is 9.59 Å². The molecular weight excluding hydrogens is 352 g/mol. The molecule has 1 aromatic rings. The Bertz CT molecular complexity index is 729. The molecule has 0 bridgehead atoms. The van der Waals surface area contributed by atoms with Crippen molar-refractivity contribution >= 4 is 17.6 Å². The molecule has 1 heterocycles. The third kappa shape index (κ3) is 5.72. The minimum absolute atomic E-state index is 0.193. The van der Waals surface area contributed by atoms with E-state index in [9.17, 15) is 9.59 Å². The monoisotopic (exact) mass is 382 g/mol. The van der Waals surface area contributed by atoms with Crippen LogP contribution in [0.3, 0.4) is 0 Å². The number of piperazine rings is 1. The zero-order chi connectivity index (χ0) is 19.8. The number of allylic oxidation sites excluding steroid dienone is 4. The van der Waals surface area contributed by atoms with Crippen molar-refractivity contribution in [3.05, 3.63) is 53.6 Å². The molecule has 1 aliphatic heterocycles. The summed E-state index contributed by atoms with van der Waals surface area (Å²) in [6.45, 7) is 5.43. The minimum Gasteiger partial charge on any atom is -0.466 e. The van der Waals surface area contributed by atoms with E-state index in [-0.39, 0.29) is 11.9 Å². The summed E-state index contributed by atoms with van der Waals surface area (Å²) in [4.78, 5) is 28.4. The Morgan fingerprint density at radius 3 is 2.43 bits per heavy atom. The molecule has 1 amide bonds. The molecule has 1 fully saturated rings. The van der Waals surface area contributed by atoms with Gasteiger partial charge >= 0.3 is 5.97 Å². The Hall–Kier alpha value is -2.56. The third-order valence-electron chi connectivity index (χ3n) is 5.29. The zero-order valence-electron chi connectivity index (χ0n) is 16.7. The highest BCUT2D eigenvalue weighted by Crippen LogP contribution is 2.19. The fraction of sp³-hybridized carbons (Fsp3) is 0.478. The van der Waals surface area contributed by atoms with Crippen molar-refractivity contribution in [2.45, 2.75) is 39.0 Å². The normalized spacial score (nSPS) is 16.7. The Labute approximate surface area is 167 Å². The smallest absolute Gasteiger partial charge is 0.310 e. The highest BCUT2D eigenvalue weighted by molar-refractivity contribution is 5.77. The van der Waals surface area contributed by atoms with Crippen molar-refractivity contribution in [2.75, 3.05) is 37.7 Å². The van der Waals surface area contributed by atoms with Crippen LogP contribution in [0.2, 0.25) is 0 Å². The lowest BCUT2D eigenvalue weighted by Gasteiger charge is -2.36. The topological polar surface area (TPSA) is 49.9 Å². The summed E-state index contributed by atoms with van der Waals surface area (Å²) in [5, 5.41) is 0. The Kier molecular flexibility index (Phi) is 7.29. The predicted molar refractivity (Wildman–Crippen MR) is 111 cm³/mol. The molecule has 0 saturated carbocycles. The number of nitrogens with zero attached hydrogens (tertiary/aromatic N) is 2. The molecule has 1 aromatic carbocycles.